The van der Waals surface area contributed by atoms with Gasteiger partial charge in [-0.1, -0.05) is 19.1 Å². The molecule has 34 heavy (non-hydrogen) atoms. The molecule has 0 spiro atoms. The van der Waals surface area contributed by atoms with Crippen molar-refractivity contribution in [1.82, 2.24) is 4.90 Å². The molecule has 1 saturated heterocycles. The number of phenolic OH excluding ortho intramolecular Hbond substituents is 1. The van der Waals surface area contributed by atoms with E-state index < -0.39 is 11.6 Å². The summed E-state index contributed by atoms with van der Waals surface area (Å²) in [6.45, 7) is 4.13. The van der Waals surface area contributed by atoms with E-state index in [1.54, 1.807) is 6.07 Å². The van der Waals surface area contributed by atoms with Gasteiger partial charge in [-0.3, -0.25) is 4.79 Å². The lowest BCUT2D eigenvalue weighted by Crippen LogP contribution is -2.45. The molecule has 3 unspecified atom stereocenters. The SMILES string of the molecule is C[C@]12CCC3c4ccc(O)cc4CCC3C1[C@@H](CCCC(=O)N1CCOCC1)C=C2C(F)(F)F. The molecule has 2 fully saturated rings. The molecule has 186 valence electrons. The zero-order valence-electron chi connectivity index (χ0n) is 19.7. The number of nitrogens with zero attached hydrogens (tertiary/aromatic N) is 1. The van der Waals surface area contributed by atoms with Crippen molar-refractivity contribution in [2.24, 2.45) is 23.2 Å². The van der Waals surface area contributed by atoms with Crippen molar-refractivity contribution in [3.05, 3.63) is 41.0 Å². The third-order valence-electron chi connectivity index (χ3n) is 9.02. The van der Waals surface area contributed by atoms with Gasteiger partial charge < -0.3 is 14.7 Å². The van der Waals surface area contributed by atoms with Crippen LogP contribution < -0.4 is 0 Å². The number of phenols is 1. The van der Waals surface area contributed by atoms with E-state index in [1.807, 2.05) is 24.0 Å². The summed E-state index contributed by atoms with van der Waals surface area (Å²) in [5, 5.41) is 9.91. The van der Waals surface area contributed by atoms with E-state index in [9.17, 15) is 23.1 Å². The lowest BCUT2D eigenvalue weighted by atomic mass is 9.52. The molecule has 3 aliphatic carbocycles. The topological polar surface area (TPSA) is 49.8 Å². The summed E-state index contributed by atoms with van der Waals surface area (Å²) < 4.78 is 47.9. The normalized spacial score (nSPS) is 33.1. The first-order chi connectivity index (χ1) is 16.2. The van der Waals surface area contributed by atoms with Crippen LogP contribution in [-0.2, 0) is 16.0 Å². The number of allylic oxidation sites excluding steroid dienone is 2. The van der Waals surface area contributed by atoms with Gasteiger partial charge in [0.25, 0.3) is 0 Å². The predicted molar refractivity (Wildman–Crippen MR) is 122 cm³/mol. The minimum atomic E-state index is -4.32. The second kappa shape index (κ2) is 8.89. The third kappa shape index (κ3) is 4.14. The maximum absolute atomic E-state index is 14.2. The molecule has 5 atom stereocenters. The van der Waals surface area contributed by atoms with E-state index in [-0.39, 0.29) is 40.9 Å². The highest BCUT2D eigenvalue weighted by Gasteiger charge is 2.60. The maximum Gasteiger partial charge on any atom is 0.412 e. The number of rotatable bonds is 4. The van der Waals surface area contributed by atoms with Crippen LogP contribution >= 0.6 is 0 Å². The lowest BCUT2D eigenvalue weighted by molar-refractivity contribution is -0.135. The number of alkyl halides is 3. The molecular weight excluding hydrogens is 443 g/mol. The molecular formula is C27H34F3NO3. The fourth-order valence-electron chi connectivity index (χ4n) is 7.57. The molecule has 7 heteroatoms. The van der Waals surface area contributed by atoms with Gasteiger partial charge in [0.15, 0.2) is 0 Å². The minimum absolute atomic E-state index is 0.0664. The third-order valence-corrected chi connectivity index (χ3v) is 9.02. The van der Waals surface area contributed by atoms with E-state index >= 15 is 0 Å². The highest BCUT2D eigenvalue weighted by molar-refractivity contribution is 5.76. The first kappa shape index (κ1) is 23.7. The van der Waals surface area contributed by atoms with E-state index in [4.69, 9.17) is 4.74 Å². The molecule has 4 nitrogen and oxygen atoms in total. The van der Waals surface area contributed by atoms with Gasteiger partial charge in [-0.15, -0.1) is 0 Å². The number of carbonyl (C=O) groups is 1. The van der Waals surface area contributed by atoms with E-state index in [1.165, 1.54) is 11.6 Å². The van der Waals surface area contributed by atoms with Gasteiger partial charge in [0.05, 0.1) is 13.2 Å². The quantitative estimate of drug-likeness (QED) is 0.574. The lowest BCUT2D eigenvalue weighted by Gasteiger charge is -2.52. The Morgan fingerprint density at radius 2 is 2.00 bits per heavy atom. The fourth-order valence-corrected chi connectivity index (χ4v) is 7.57. The van der Waals surface area contributed by atoms with Gasteiger partial charge in [0.1, 0.15) is 5.75 Å². The predicted octanol–water partition coefficient (Wildman–Crippen LogP) is 5.60. The number of aryl methyl sites for hydroxylation is 1. The number of hydrogen-bond donors (Lipinski definition) is 1. The summed E-state index contributed by atoms with van der Waals surface area (Å²) in [6.07, 6.45) is 1.71. The second-order valence-corrected chi connectivity index (χ2v) is 10.8. The van der Waals surface area contributed by atoms with Gasteiger partial charge in [-0.05, 0) is 85.5 Å². The Balaban J connectivity index is 1.36. The van der Waals surface area contributed by atoms with Crippen LogP contribution in [0.2, 0.25) is 0 Å². The standard InChI is InChI=1S/C27H34F3NO3/c1-26-10-9-21-20-8-6-19(32)15-17(20)5-7-22(21)25(26)18(16-23(26)27(28,29)30)3-2-4-24(33)31-11-13-34-14-12-31/h6,8,15-16,18,21-22,25,32H,2-5,7,9-14H2,1H3/t18-,21?,22?,25?,26+/m0/s1. The first-order valence-electron chi connectivity index (χ1n) is 12.7. The van der Waals surface area contributed by atoms with Gasteiger partial charge in [0.2, 0.25) is 5.91 Å². The minimum Gasteiger partial charge on any atom is -0.508 e. The van der Waals surface area contributed by atoms with E-state index in [2.05, 4.69) is 0 Å². The number of benzene rings is 1. The highest BCUT2D eigenvalue weighted by atomic mass is 19.4. The second-order valence-electron chi connectivity index (χ2n) is 10.8. The Morgan fingerprint density at radius 3 is 2.74 bits per heavy atom. The average molecular weight is 478 g/mol. The smallest absolute Gasteiger partial charge is 0.412 e. The van der Waals surface area contributed by atoms with E-state index in [0.717, 1.165) is 24.8 Å². The van der Waals surface area contributed by atoms with Crippen molar-refractivity contribution in [3.63, 3.8) is 0 Å². The van der Waals surface area contributed by atoms with Crippen molar-refractivity contribution in [2.45, 2.75) is 64.0 Å². The largest absolute Gasteiger partial charge is 0.508 e. The van der Waals surface area contributed by atoms with Crippen molar-refractivity contribution >= 4 is 5.91 Å². The fraction of sp³-hybridized carbons (Fsp3) is 0.667. The average Bonchev–Trinajstić information content (AvgIpc) is 3.12. The van der Waals surface area contributed by atoms with Crippen LogP contribution in [0.4, 0.5) is 13.2 Å². The van der Waals surface area contributed by atoms with Gasteiger partial charge >= 0.3 is 6.18 Å². The number of amides is 1. The number of hydrogen-bond acceptors (Lipinski definition) is 3. The highest BCUT2D eigenvalue weighted by Crippen LogP contribution is 2.65. The van der Waals surface area contributed by atoms with Crippen LogP contribution in [0, 0.1) is 23.2 Å². The van der Waals surface area contributed by atoms with Crippen LogP contribution in [0.1, 0.15) is 62.5 Å². The molecule has 1 saturated carbocycles. The summed E-state index contributed by atoms with van der Waals surface area (Å²) in [7, 11) is 0. The first-order valence-corrected chi connectivity index (χ1v) is 12.7. The van der Waals surface area contributed by atoms with Crippen molar-refractivity contribution in [2.75, 3.05) is 26.3 Å². The summed E-state index contributed by atoms with van der Waals surface area (Å²) >= 11 is 0. The molecule has 0 radical (unpaired) electrons. The molecule has 0 bridgehead atoms. The molecule has 0 aromatic heterocycles. The molecule has 1 aliphatic heterocycles. The van der Waals surface area contributed by atoms with Crippen molar-refractivity contribution in [3.8, 4) is 5.75 Å². The summed E-state index contributed by atoms with van der Waals surface area (Å²) in [5.74, 6) is 0.529. The number of carbonyl (C=O) groups excluding carboxylic acids is 1. The van der Waals surface area contributed by atoms with Crippen LogP contribution in [0.15, 0.2) is 29.8 Å². The zero-order chi connectivity index (χ0) is 24.1. The molecule has 1 aromatic carbocycles. The Bertz CT molecular complexity index is 968. The zero-order valence-corrected chi connectivity index (χ0v) is 19.7. The molecule has 4 aliphatic rings. The number of ether oxygens (including phenoxy) is 1. The van der Waals surface area contributed by atoms with Crippen LogP contribution in [0.3, 0.4) is 0 Å². The van der Waals surface area contributed by atoms with Crippen LogP contribution in [0.5, 0.6) is 5.75 Å². The van der Waals surface area contributed by atoms with Gasteiger partial charge in [-0.2, -0.15) is 13.2 Å². The molecule has 1 amide bonds. The summed E-state index contributed by atoms with van der Waals surface area (Å²) in [4.78, 5) is 14.4. The Hall–Kier alpha value is -2.02. The number of morpholine rings is 1. The number of aromatic hydroxyl groups is 1. The van der Waals surface area contributed by atoms with Crippen LogP contribution in [-0.4, -0.2) is 48.4 Å². The molecule has 1 N–H and O–H groups in total. The molecule has 5 rings (SSSR count). The van der Waals surface area contributed by atoms with Gasteiger partial charge in [0, 0.05) is 30.5 Å². The van der Waals surface area contributed by atoms with Gasteiger partial charge in [-0.25, -0.2) is 0 Å². The number of fused-ring (bicyclic) bond motifs is 5. The Morgan fingerprint density at radius 1 is 1.24 bits per heavy atom. The van der Waals surface area contributed by atoms with Crippen molar-refractivity contribution in [1.29, 1.82) is 0 Å². The maximum atomic E-state index is 14.2. The van der Waals surface area contributed by atoms with Crippen molar-refractivity contribution < 1.29 is 27.8 Å². The molecule has 1 aromatic rings. The Labute approximate surface area is 199 Å². The molecule has 1 heterocycles. The van der Waals surface area contributed by atoms with Crippen LogP contribution in [0.25, 0.3) is 0 Å². The number of halogens is 3. The monoisotopic (exact) mass is 477 g/mol. The summed E-state index contributed by atoms with van der Waals surface area (Å²) in [5.41, 5.74) is 1.13. The van der Waals surface area contributed by atoms with E-state index in [0.29, 0.717) is 52.0 Å². The Kier molecular flexibility index (Phi) is 6.20. The summed E-state index contributed by atoms with van der Waals surface area (Å²) in [6, 6.07) is 5.51.